The van der Waals surface area contributed by atoms with Gasteiger partial charge in [0.15, 0.2) is 5.78 Å². The van der Waals surface area contributed by atoms with Crippen LogP contribution in [0.2, 0.25) is 0 Å². The normalized spacial score (nSPS) is 10.0. The molecule has 0 aliphatic rings. The van der Waals surface area contributed by atoms with Crippen LogP contribution in [0.5, 0.6) is 0 Å². The molecule has 0 spiro atoms. The number of nitrogens with one attached hydrogen (secondary N) is 1. The fourth-order valence-electron chi connectivity index (χ4n) is 1.35. The van der Waals surface area contributed by atoms with Gasteiger partial charge in [0.05, 0.1) is 7.11 Å². The van der Waals surface area contributed by atoms with Crippen molar-refractivity contribution in [3.05, 3.63) is 35.6 Å². The standard InChI is InChI=1S/C12H14FNO3/c1-17-14-12(16)4-2-3-11(15)9-5-7-10(13)8-6-9/h5-8H,2-4H2,1H3,(H,14,16). The van der Waals surface area contributed by atoms with Crippen LogP contribution in [-0.4, -0.2) is 18.8 Å². The molecule has 0 atom stereocenters. The first-order valence-corrected chi connectivity index (χ1v) is 5.24. The van der Waals surface area contributed by atoms with E-state index < -0.39 is 0 Å². The van der Waals surface area contributed by atoms with Gasteiger partial charge in [0.2, 0.25) is 5.91 Å². The topological polar surface area (TPSA) is 55.4 Å². The first-order valence-electron chi connectivity index (χ1n) is 5.24. The van der Waals surface area contributed by atoms with E-state index in [-0.39, 0.29) is 30.3 Å². The van der Waals surface area contributed by atoms with E-state index in [1.807, 2.05) is 0 Å². The van der Waals surface area contributed by atoms with E-state index in [0.29, 0.717) is 12.0 Å². The number of hydroxylamine groups is 1. The van der Waals surface area contributed by atoms with Crippen molar-refractivity contribution in [2.45, 2.75) is 19.3 Å². The summed E-state index contributed by atoms with van der Waals surface area (Å²) in [6, 6.07) is 5.36. The number of hydrogen-bond acceptors (Lipinski definition) is 3. The van der Waals surface area contributed by atoms with Gasteiger partial charge >= 0.3 is 0 Å². The zero-order chi connectivity index (χ0) is 12.7. The number of Topliss-reactive ketones (excluding diaryl/α,β-unsaturated/α-hetero) is 1. The van der Waals surface area contributed by atoms with Gasteiger partial charge in [0.1, 0.15) is 5.82 Å². The second kappa shape index (κ2) is 6.75. The van der Waals surface area contributed by atoms with Gasteiger partial charge in [-0.05, 0) is 30.7 Å². The molecule has 5 heteroatoms. The number of carbonyl (C=O) groups excluding carboxylic acids is 2. The third kappa shape index (κ3) is 4.74. The van der Waals surface area contributed by atoms with E-state index in [1.54, 1.807) is 0 Å². The lowest BCUT2D eigenvalue weighted by Crippen LogP contribution is -2.21. The molecular weight excluding hydrogens is 225 g/mol. The fourth-order valence-corrected chi connectivity index (χ4v) is 1.35. The molecule has 17 heavy (non-hydrogen) atoms. The van der Waals surface area contributed by atoms with Crippen molar-refractivity contribution in [3.8, 4) is 0 Å². The largest absolute Gasteiger partial charge is 0.294 e. The number of halogens is 1. The summed E-state index contributed by atoms with van der Waals surface area (Å²) in [7, 11) is 1.35. The number of ketones is 1. The zero-order valence-electron chi connectivity index (χ0n) is 9.53. The smallest absolute Gasteiger partial charge is 0.243 e. The van der Waals surface area contributed by atoms with E-state index in [0.717, 1.165) is 0 Å². The minimum atomic E-state index is -0.374. The van der Waals surface area contributed by atoms with Crippen LogP contribution in [0, 0.1) is 5.82 Å². The van der Waals surface area contributed by atoms with Crippen LogP contribution >= 0.6 is 0 Å². The van der Waals surface area contributed by atoms with Gasteiger partial charge in [-0.2, -0.15) is 0 Å². The predicted octanol–water partition coefficient (Wildman–Crippen LogP) is 1.86. The molecule has 0 saturated heterocycles. The average molecular weight is 239 g/mol. The molecule has 0 unspecified atom stereocenters. The molecule has 0 aliphatic carbocycles. The zero-order valence-corrected chi connectivity index (χ0v) is 9.53. The van der Waals surface area contributed by atoms with Crippen molar-refractivity contribution in [1.82, 2.24) is 5.48 Å². The maximum atomic E-state index is 12.6. The van der Waals surface area contributed by atoms with Crippen molar-refractivity contribution < 1.29 is 18.8 Å². The first-order chi connectivity index (χ1) is 8.13. The fraction of sp³-hybridized carbons (Fsp3) is 0.333. The van der Waals surface area contributed by atoms with Crippen molar-refractivity contribution >= 4 is 11.7 Å². The summed E-state index contributed by atoms with van der Waals surface area (Å²) in [5, 5.41) is 0. The average Bonchev–Trinajstić information content (AvgIpc) is 2.30. The summed E-state index contributed by atoms with van der Waals surface area (Å²) in [6.07, 6.45) is 0.912. The van der Waals surface area contributed by atoms with Crippen molar-refractivity contribution in [2.24, 2.45) is 0 Å². The number of rotatable bonds is 6. The van der Waals surface area contributed by atoms with Crippen LogP contribution in [0.3, 0.4) is 0 Å². The molecule has 0 radical (unpaired) electrons. The molecule has 0 bridgehead atoms. The van der Waals surface area contributed by atoms with Gasteiger partial charge in [-0.3, -0.25) is 14.4 Å². The molecule has 1 aromatic carbocycles. The van der Waals surface area contributed by atoms with Crippen molar-refractivity contribution in [2.75, 3.05) is 7.11 Å². The Morgan fingerprint density at radius 2 is 1.88 bits per heavy atom. The van der Waals surface area contributed by atoms with Crippen LogP contribution in [0.15, 0.2) is 24.3 Å². The Hall–Kier alpha value is -1.75. The summed E-state index contributed by atoms with van der Waals surface area (Å²) in [5.41, 5.74) is 2.62. The quantitative estimate of drug-likeness (QED) is 0.609. The van der Waals surface area contributed by atoms with Gasteiger partial charge in [-0.1, -0.05) is 0 Å². The minimum absolute atomic E-state index is 0.102. The number of hydrogen-bond donors (Lipinski definition) is 1. The molecule has 1 aromatic rings. The second-order valence-corrected chi connectivity index (χ2v) is 3.51. The van der Waals surface area contributed by atoms with E-state index in [9.17, 15) is 14.0 Å². The van der Waals surface area contributed by atoms with E-state index in [4.69, 9.17) is 0 Å². The molecule has 0 fully saturated rings. The van der Waals surface area contributed by atoms with Gasteiger partial charge in [0.25, 0.3) is 0 Å². The second-order valence-electron chi connectivity index (χ2n) is 3.51. The Bertz CT molecular complexity index is 389. The SMILES string of the molecule is CONC(=O)CCCC(=O)c1ccc(F)cc1. The molecule has 0 aromatic heterocycles. The highest BCUT2D eigenvalue weighted by Gasteiger charge is 2.07. The minimum Gasteiger partial charge on any atom is -0.294 e. The van der Waals surface area contributed by atoms with E-state index in [2.05, 4.69) is 10.3 Å². The van der Waals surface area contributed by atoms with Crippen molar-refractivity contribution in [3.63, 3.8) is 0 Å². The molecular formula is C12H14FNO3. The Morgan fingerprint density at radius 1 is 1.24 bits per heavy atom. The lowest BCUT2D eigenvalue weighted by atomic mass is 10.1. The Labute approximate surface area is 98.7 Å². The molecule has 1 N–H and O–H groups in total. The third-order valence-electron chi connectivity index (χ3n) is 2.19. The summed E-state index contributed by atoms with van der Waals surface area (Å²) in [5.74, 6) is -0.740. The predicted molar refractivity (Wildman–Crippen MR) is 59.7 cm³/mol. The summed E-state index contributed by atoms with van der Waals surface area (Å²) < 4.78 is 12.6. The molecule has 0 saturated carbocycles. The van der Waals surface area contributed by atoms with Gasteiger partial charge < -0.3 is 0 Å². The Kier molecular flexibility index (Phi) is 5.29. The summed E-state index contributed by atoms with van der Waals surface area (Å²) >= 11 is 0. The van der Waals surface area contributed by atoms with Gasteiger partial charge in [-0.25, -0.2) is 9.87 Å². The van der Waals surface area contributed by atoms with Gasteiger partial charge in [-0.15, -0.1) is 0 Å². The molecule has 0 heterocycles. The monoisotopic (exact) mass is 239 g/mol. The molecule has 4 nitrogen and oxygen atoms in total. The van der Waals surface area contributed by atoms with Crippen LogP contribution in [0.4, 0.5) is 4.39 Å². The maximum Gasteiger partial charge on any atom is 0.243 e. The van der Waals surface area contributed by atoms with E-state index in [1.165, 1.54) is 31.4 Å². The third-order valence-corrected chi connectivity index (χ3v) is 2.19. The highest BCUT2D eigenvalue weighted by atomic mass is 19.1. The van der Waals surface area contributed by atoms with Crippen molar-refractivity contribution in [1.29, 1.82) is 0 Å². The Balaban J connectivity index is 2.35. The van der Waals surface area contributed by atoms with Crippen LogP contribution in [0.1, 0.15) is 29.6 Å². The van der Waals surface area contributed by atoms with E-state index >= 15 is 0 Å². The van der Waals surface area contributed by atoms with Crippen LogP contribution < -0.4 is 5.48 Å². The number of benzene rings is 1. The van der Waals surface area contributed by atoms with Crippen LogP contribution in [0.25, 0.3) is 0 Å². The Morgan fingerprint density at radius 3 is 2.47 bits per heavy atom. The summed E-state index contributed by atoms with van der Waals surface area (Å²) in [4.78, 5) is 27.1. The highest BCUT2D eigenvalue weighted by molar-refractivity contribution is 5.96. The molecule has 1 rings (SSSR count). The molecule has 0 aliphatic heterocycles. The lowest BCUT2D eigenvalue weighted by molar-refractivity contribution is -0.131. The number of carbonyl (C=O) groups is 2. The summed E-state index contributed by atoms with van der Waals surface area (Å²) in [6.45, 7) is 0. The molecule has 92 valence electrons. The first kappa shape index (κ1) is 13.3. The highest BCUT2D eigenvalue weighted by Crippen LogP contribution is 2.08. The lowest BCUT2D eigenvalue weighted by Gasteiger charge is -2.02. The maximum absolute atomic E-state index is 12.6. The number of amides is 1. The van der Waals surface area contributed by atoms with Gasteiger partial charge in [0, 0.05) is 18.4 Å². The van der Waals surface area contributed by atoms with Crippen LogP contribution in [-0.2, 0) is 9.63 Å². The molecule has 1 amide bonds.